The Morgan fingerprint density at radius 2 is 2.32 bits per heavy atom. The third-order valence-corrected chi connectivity index (χ3v) is 3.76. The zero-order chi connectivity index (χ0) is 13.8. The van der Waals surface area contributed by atoms with E-state index >= 15 is 0 Å². The summed E-state index contributed by atoms with van der Waals surface area (Å²) in [5, 5.41) is 22.9. The molecule has 1 aromatic heterocycles. The van der Waals surface area contributed by atoms with E-state index in [2.05, 4.69) is 15.5 Å². The Labute approximate surface area is 114 Å². The summed E-state index contributed by atoms with van der Waals surface area (Å²) in [6.45, 7) is 4.62. The number of thioether (sulfide) groups is 1. The lowest BCUT2D eigenvalue weighted by Gasteiger charge is -2.10. The first-order chi connectivity index (χ1) is 9.11. The lowest BCUT2D eigenvalue weighted by atomic mass is 10.1. The maximum Gasteiger partial charge on any atom is 0.269 e. The van der Waals surface area contributed by atoms with Crippen molar-refractivity contribution in [1.29, 1.82) is 0 Å². The summed E-state index contributed by atoms with van der Waals surface area (Å²) in [6.07, 6.45) is 0. The van der Waals surface area contributed by atoms with Crippen LogP contribution in [-0.2, 0) is 6.54 Å². The van der Waals surface area contributed by atoms with Gasteiger partial charge >= 0.3 is 0 Å². The number of non-ortho nitro benzene ring substituents is 1. The van der Waals surface area contributed by atoms with Crippen molar-refractivity contribution in [3.05, 3.63) is 39.9 Å². The number of rotatable bonds is 5. The van der Waals surface area contributed by atoms with Gasteiger partial charge in [-0.2, -0.15) is 0 Å². The summed E-state index contributed by atoms with van der Waals surface area (Å²) in [5.74, 6) is 0. The molecule has 0 aliphatic heterocycles. The lowest BCUT2D eigenvalue weighted by molar-refractivity contribution is -0.384. The van der Waals surface area contributed by atoms with Crippen LogP contribution < -0.4 is 0 Å². The zero-order valence-electron chi connectivity index (χ0n) is 10.6. The predicted molar refractivity (Wildman–Crippen MR) is 70.9 cm³/mol. The third kappa shape index (κ3) is 3.08. The summed E-state index contributed by atoms with van der Waals surface area (Å²) in [4.78, 5) is 10.4. The predicted octanol–water partition coefficient (Wildman–Crippen LogP) is 2.45. The lowest BCUT2D eigenvalue weighted by Crippen LogP contribution is -2.00. The molecule has 0 radical (unpaired) electrons. The van der Waals surface area contributed by atoms with E-state index in [1.807, 2.05) is 19.9 Å². The molecule has 1 heterocycles. The minimum absolute atomic E-state index is 0.0381. The maximum atomic E-state index is 10.8. The standard InChI is InChI=1S/C11H13N5O2S/c1-3-15-11(12-13-14-15)19-8(2)9-5-4-6-10(7-9)16(17)18/h4-8H,3H2,1-2H3/t8-/m0/s1. The van der Waals surface area contributed by atoms with Crippen LogP contribution in [0.1, 0.15) is 24.7 Å². The Hall–Kier alpha value is -1.96. The molecular weight excluding hydrogens is 266 g/mol. The SMILES string of the molecule is CCn1nnnc1S[C@@H](C)c1cccc([N+](=O)[O-])c1. The Kier molecular flexibility index (Phi) is 4.10. The Bertz CT molecular complexity index is 586. The van der Waals surface area contributed by atoms with Gasteiger partial charge in [-0.25, -0.2) is 4.68 Å². The van der Waals surface area contributed by atoms with Crippen molar-refractivity contribution in [1.82, 2.24) is 20.2 Å². The second-order valence-electron chi connectivity index (χ2n) is 3.89. The molecule has 1 atom stereocenters. The van der Waals surface area contributed by atoms with Crippen LogP contribution in [0.5, 0.6) is 0 Å². The van der Waals surface area contributed by atoms with Gasteiger partial charge in [0.05, 0.1) is 4.92 Å². The summed E-state index contributed by atoms with van der Waals surface area (Å²) in [5.41, 5.74) is 0.977. The highest BCUT2D eigenvalue weighted by Crippen LogP contribution is 2.34. The van der Waals surface area contributed by atoms with Crippen molar-refractivity contribution in [2.75, 3.05) is 0 Å². The number of aromatic nitrogens is 4. The highest BCUT2D eigenvalue weighted by Gasteiger charge is 2.15. The Morgan fingerprint density at radius 1 is 1.53 bits per heavy atom. The van der Waals surface area contributed by atoms with E-state index in [0.717, 1.165) is 5.56 Å². The Morgan fingerprint density at radius 3 is 3.00 bits per heavy atom. The molecule has 1 aromatic carbocycles. The average Bonchev–Trinajstić information content (AvgIpc) is 2.86. The fraction of sp³-hybridized carbons (Fsp3) is 0.364. The van der Waals surface area contributed by atoms with Crippen LogP contribution in [0, 0.1) is 10.1 Å². The third-order valence-electron chi connectivity index (χ3n) is 2.63. The molecule has 0 unspecified atom stereocenters. The van der Waals surface area contributed by atoms with Crippen molar-refractivity contribution < 1.29 is 4.92 Å². The van der Waals surface area contributed by atoms with E-state index in [4.69, 9.17) is 0 Å². The van der Waals surface area contributed by atoms with Gasteiger partial charge in [0, 0.05) is 23.9 Å². The summed E-state index contributed by atoms with van der Waals surface area (Å²) >= 11 is 1.48. The molecule has 100 valence electrons. The molecule has 0 fully saturated rings. The second kappa shape index (κ2) is 5.79. The number of aryl methyl sites for hydroxylation is 1. The van der Waals surface area contributed by atoms with Gasteiger partial charge in [0.25, 0.3) is 5.69 Å². The molecule has 0 N–H and O–H groups in total. The quantitative estimate of drug-likeness (QED) is 0.474. The van der Waals surface area contributed by atoms with Crippen LogP contribution in [0.25, 0.3) is 0 Å². The van der Waals surface area contributed by atoms with Gasteiger partial charge in [-0.1, -0.05) is 23.9 Å². The molecule has 2 aromatic rings. The van der Waals surface area contributed by atoms with Crippen LogP contribution in [0.3, 0.4) is 0 Å². The highest BCUT2D eigenvalue weighted by molar-refractivity contribution is 7.99. The Balaban J connectivity index is 2.18. The number of nitro groups is 1. The molecule has 19 heavy (non-hydrogen) atoms. The van der Waals surface area contributed by atoms with Gasteiger partial charge < -0.3 is 0 Å². The molecule has 7 nitrogen and oxygen atoms in total. The van der Waals surface area contributed by atoms with Gasteiger partial charge in [-0.05, 0) is 29.8 Å². The molecule has 0 aliphatic carbocycles. The smallest absolute Gasteiger partial charge is 0.258 e. The first kappa shape index (κ1) is 13.5. The molecule has 0 saturated heterocycles. The topological polar surface area (TPSA) is 86.7 Å². The van der Waals surface area contributed by atoms with E-state index in [1.165, 1.54) is 17.8 Å². The van der Waals surface area contributed by atoms with Crippen molar-refractivity contribution in [2.24, 2.45) is 0 Å². The first-order valence-electron chi connectivity index (χ1n) is 5.79. The van der Waals surface area contributed by atoms with Crippen molar-refractivity contribution in [3.8, 4) is 0 Å². The minimum atomic E-state index is -0.392. The van der Waals surface area contributed by atoms with Crippen LogP contribution in [0.4, 0.5) is 5.69 Å². The van der Waals surface area contributed by atoms with Crippen LogP contribution in [0.2, 0.25) is 0 Å². The number of tetrazole rings is 1. The fourth-order valence-electron chi connectivity index (χ4n) is 1.60. The van der Waals surface area contributed by atoms with E-state index < -0.39 is 4.92 Å². The number of nitrogens with zero attached hydrogens (tertiary/aromatic N) is 5. The van der Waals surface area contributed by atoms with Gasteiger partial charge in [0.15, 0.2) is 0 Å². The van der Waals surface area contributed by atoms with Crippen LogP contribution >= 0.6 is 11.8 Å². The van der Waals surface area contributed by atoms with Gasteiger partial charge in [0.1, 0.15) is 0 Å². The molecule has 8 heteroatoms. The van der Waals surface area contributed by atoms with Crippen LogP contribution in [-0.4, -0.2) is 25.1 Å². The fourth-order valence-corrected chi connectivity index (χ4v) is 2.57. The molecule has 2 rings (SSSR count). The molecule has 0 amide bonds. The van der Waals surface area contributed by atoms with Crippen LogP contribution in [0.15, 0.2) is 29.4 Å². The molecule has 0 saturated carbocycles. The average molecular weight is 279 g/mol. The maximum absolute atomic E-state index is 10.8. The monoisotopic (exact) mass is 279 g/mol. The summed E-state index contributed by atoms with van der Waals surface area (Å²) < 4.78 is 1.69. The largest absolute Gasteiger partial charge is 0.269 e. The van der Waals surface area contributed by atoms with Crippen molar-refractivity contribution in [3.63, 3.8) is 0 Å². The first-order valence-corrected chi connectivity index (χ1v) is 6.67. The number of hydrogen-bond acceptors (Lipinski definition) is 6. The van der Waals surface area contributed by atoms with Gasteiger partial charge in [-0.15, -0.1) is 5.10 Å². The second-order valence-corrected chi connectivity index (χ2v) is 5.20. The molecule has 0 bridgehead atoms. The van der Waals surface area contributed by atoms with E-state index in [0.29, 0.717) is 11.7 Å². The van der Waals surface area contributed by atoms with Crippen molar-refractivity contribution in [2.45, 2.75) is 30.8 Å². The summed E-state index contributed by atoms with van der Waals surface area (Å²) in [7, 11) is 0. The summed E-state index contributed by atoms with van der Waals surface area (Å²) in [6, 6.07) is 6.62. The molecule has 0 spiro atoms. The number of nitro benzene ring substituents is 1. The zero-order valence-corrected chi connectivity index (χ0v) is 11.4. The minimum Gasteiger partial charge on any atom is -0.258 e. The number of benzene rings is 1. The van der Waals surface area contributed by atoms with Crippen molar-refractivity contribution >= 4 is 17.4 Å². The van der Waals surface area contributed by atoms with Gasteiger partial charge in [-0.3, -0.25) is 10.1 Å². The normalized spacial score (nSPS) is 12.3. The van der Waals surface area contributed by atoms with E-state index in [-0.39, 0.29) is 10.9 Å². The van der Waals surface area contributed by atoms with E-state index in [9.17, 15) is 10.1 Å². The van der Waals surface area contributed by atoms with E-state index in [1.54, 1.807) is 16.8 Å². The number of hydrogen-bond donors (Lipinski definition) is 0. The highest BCUT2D eigenvalue weighted by atomic mass is 32.2. The van der Waals surface area contributed by atoms with Gasteiger partial charge in [0.2, 0.25) is 5.16 Å². The molecule has 0 aliphatic rings. The molecular formula is C11H13N5O2S.